The van der Waals surface area contributed by atoms with Crippen LogP contribution >= 0.6 is 11.3 Å². The van der Waals surface area contributed by atoms with Gasteiger partial charge in [-0.3, -0.25) is 4.98 Å². The molecule has 3 aromatic rings. The molecule has 0 saturated carbocycles. The van der Waals surface area contributed by atoms with Crippen molar-refractivity contribution in [1.29, 1.82) is 0 Å². The van der Waals surface area contributed by atoms with Gasteiger partial charge in [0.1, 0.15) is 22.4 Å². The van der Waals surface area contributed by atoms with E-state index in [0.29, 0.717) is 22.0 Å². The van der Waals surface area contributed by atoms with Gasteiger partial charge >= 0.3 is 5.97 Å². The van der Waals surface area contributed by atoms with E-state index in [0.717, 1.165) is 17.4 Å². The Kier molecular flexibility index (Phi) is 4.26. The summed E-state index contributed by atoms with van der Waals surface area (Å²) in [6, 6.07) is 2.75. The van der Waals surface area contributed by atoms with E-state index in [2.05, 4.69) is 4.98 Å². The molecule has 0 radical (unpaired) electrons. The number of nitrogens with zero attached hydrogens (tertiary/aromatic N) is 2. The smallest absolute Gasteiger partial charge is 0.350 e. The number of benzene rings is 1. The number of hydrogen-bond acceptors (Lipinski definition) is 5. The molecule has 0 spiro atoms. The molecule has 4 rings (SSSR count). The number of pyridine rings is 1. The first kappa shape index (κ1) is 17.7. The van der Waals surface area contributed by atoms with Crippen molar-refractivity contribution in [2.45, 2.75) is 6.17 Å². The lowest BCUT2D eigenvalue weighted by molar-refractivity contribution is 0.0606. The molecule has 3 heterocycles. The summed E-state index contributed by atoms with van der Waals surface area (Å²) in [5, 5.41) is 0. The standard InChI is InChI=1S/C18H12F4N2O2S/c1-26-18(25)17-15(24-6-9(20)7-24)14-16(27-17)10(2-3-23-14)11-4-8(19)5-12(21)13(11)22/h2-5,9H,6-7H2,1H3. The van der Waals surface area contributed by atoms with Gasteiger partial charge in [-0.25, -0.2) is 22.4 Å². The Balaban J connectivity index is 1.98. The molecular formula is C18H12F4N2O2S. The lowest BCUT2D eigenvalue weighted by Crippen LogP contribution is -2.48. The molecule has 1 fully saturated rings. The fraction of sp³-hybridized carbons (Fsp3) is 0.222. The van der Waals surface area contributed by atoms with Crippen molar-refractivity contribution < 1.29 is 27.1 Å². The van der Waals surface area contributed by atoms with Crippen molar-refractivity contribution in [2.24, 2.45) is 0 Å². The van der Waals surface area contributed by atoms with Gasteiger partial charge in [-0.05, 0) is 12.1 Å². The average molecular weight is 396 g/mol. The van der Waals surface area contributed by atoms with Gasteiger partial charge in [0.05, 0.1) is 30.6 Å². The Hall–Kier alpha value is -2.68. The van der Waals surface area contributed by atoms with Gasteiger partial charge in [0.2, 0.25) is 0 Å². The Labute approximate surface area is 155 Å². The van der Waals surface area contributed by atoms with Crippen molar-refractivity contribution in [3.8, 4) is 11.1 Å². The highest BCUT2D eigenvalue weighted by Crippen LogP contribution is 2.44. The van der Waals surface area contributed by atoms with Gasteiger partial charge < -0.3 is 9.64 Å². The number of ether oxygens (including phenoxy) is 1. The first-order valence-electron chi connectivity index (χ1n) is 7.94. The number of rotatable bonds is 3. The molecule has 4 nitrogen and oxygen atoms in total. The summed E-state index contributed by atoms with van der Waals surface area (Å²) >= 11 is 0.965. The highest BCUT2D eigenvalue weighted by molar-refractivity contribution is 7.22. The summed E-state index contributed by atoms with van der Waals surface area (Å²) in [7, 11) is 1.21. The number of carbonyl (C=O) groups is 1. The Morgan fingerprint density at radius 3 is 2.67 bits per heavy atom. The van der Waals surface area contributed by atoms with Crippen LogP contribution in [-0.2, 0) is 4.74 Å². The summed E-state index contributed by atoms with van der Waals surface area (Å²) < 4.78 is 60.1. The molecule has 0 N–H and O–H groups in total. The molecular weight excluding hydrogens is 384 g/mol. The molecule has 9 heteroatoms. The molecule has 0 amide bonds. The molecule has 1 aliphatic rings. The highest BCUT2D eigenvalue weighted by Gasteiger charge is 2.34. The van der Waals surface area contributed by atoms with Gasteiger partial charge in [-0.15, -0.1) is 11.3 Å². The van der Waals surface area contributed by atoms with Crippen LogP contribution in [0, 0.1) is 17.5 Å². The molecule has 2 aromatic heterocycles. The minimum atomic E-state index is -1.32. The lowest BCUT2D eigenvalue weighted by atomic mass is 10.0. The predicted molar refractivity (Wildman–Crippen MR) is 93.4 cm³/mol. The fourth-order valence-electron chi connectivity index (χ4n) is 3.07. The van der Waals surface area contributed by atoms with Crippen molar-refractivity contribution in [3.05, 3.63) is 46.7 Å². The number of methoxy groups -OCH3 is 1. The Bertz CT molecular complexity index is 1060. The van der Waals surface area contributed by atoms with Gasteiger partial charge in [0.15, 0.2) is 11.6 Å². The van der Waals surface area contributed by atoms with Gasteiger partial charge in [0.25, 0.3) is 0 Å². The van der Waals surface area contributed by atoms with Crippen LogP contribution in [-0.4, -0.2) is 37.3 Å². The van der Waals surface area contributed by atoms with E-state index in [4.69, 9.17) is 4.74 Å². The fourth-order valence-corrected chi connectivity index (χ4v) is 4.30. The van der Waals surface area contributed by atoms with E-state index >= 15 is 0 Å². The molecule has 0 atom stereocenters. The number of hydrogen-bond donors (Lipinski definition) is 0. The van der Waals surface area contributed by atoms with Crippen LogP contribution in [0.1, 0.15) is 9.67 Å². The third kappa shape index (κ3) is 2.82. The second-order valence-corrected chi connectivity index (χ2v) is 7.08. The SMILES string of the molecule is COC(=O)c1sc2c(-c3cc(F)cc(F)c3F)ccnc2c1N1CC(F)C1. The number of fused-ring (bicyclic) bond motifs is 1. The molecule has 0 bridgehead atoms. The van der Waals surface area contributed by atoms with Crippen LogP contribution in [0.25, 0.3) is 21.3 Å². The maximum atomic E-state index is 14.3. The zero-order chi connectivity index (χ0) is 19.3. The second kappa shape index (κ2) is 6.49. The molecule has 1 aromatic carbocycles. The normalized spacial score (nSPS) is 14.5. The zero-order valence-corrected chi connectivity index (χ0v) is 14.7. The number of aromatic nitrogens is 1. The summed E-state index contributed by atoms with van der Waals surface area (Å²) in [6.45, 7) is 0.176. The summed E-state index contributed by atoms with van der Waals surface area (Å²) in [6.07, 6.45) is 0.326. The number of anilines is 1. The zero-order valence-electron chi connectivity index (χ0n) is 13.9. The van der Waals surface area contributed by atoms with Crippen molar-refractivity contribution in [2.75, 3.05) is 25.1 Å². The largest absolute Gasteiger partial charge is 0.465 e. The average Bonchev–Trinajstić information content (AvgIpc) is 3.00. The molecule has 1 aliphatic heterocycles. The van der Waals surface area contributed by atoms with E-state index in [1.165, 1.54) is 19.4 Å². The van der Waals surface area contributed by atoms with Crippen LogP contribution in [0.15, 0.2) is 24.4 Å². The summed E-state index contributed by atoms with van der Waals surface area (Å²) in [4.78, 5) is 18.2. The first-order chi connectivity index (χ1) is 12.9. The molecule has 0 aliphatic carbocycles. The Morgan fingerprint density at radius 2 is 2.00 bits per heavy atom. The maximum absolute atomic E-state index is 14.3. The van der Waals surface area contributed by atoms with E-state index in [9.17, 15) is 22.4 Å². The predicted octanol–water partition coefficient (Wildman–Crippen LogP) is 4.33. The molecule has 0 unspecified atom stereocenters. The maximum Gasteiger partial charge on any atom is 0.350 e. The minimum Gasteiger partial charge on any atom is -0.465 e. The van der Waals surface area contributed by atoms with Crippen LogP contribution < -0.4 is 4.90 Å². The molecule has 140 valence electrons. The van der Waals surface area contributed by atoms with E-state index < -0.39 is 29.6 Å². The van der Waals surface area contributed by atoms with Gasteiger partial charge in [0, 0.05) is 23.4 Å². The summed E-state index contributed by atoms with van der Waals surface area (Å²) in [5.41, 5.74) is 0.620. The van der Waals surface area contributed by atoms with Crippen molar-refractivity contribution in [1.82, 2.24) is 4.98 Å². The monoisotopic (exact) mass is 396 g/mol. The van der Waals surface area contributed by atoms with Crippen LogP contribution in [0.3, 0.4) is 0 Å². The quantitative estimate of drug-likeness (QED) is 0.376. The van der Waals surface area contributed by atoms with E-state index in [-0.39, 0.29) is 29.1 Å². The van der Waals surface area contributed by atoms with Crippen LogP contribution in [0.4, 0.5) is 23.2 Å². The third-order valence-corrected chi connectivity index (χ3v) is 5.54. The highest BCUT2D eigenvalue weighted by atomic mass is 32.1. The third-order valence-electron chi connectivity index (χ3n) is 4.36. The van der Waals surface area contributed by atoms with Crippen molar-refractivity contribution >= 4 is 33.2 Å². The Morgan fingerprint density at radius 1 is 1.26 bits per heavy atom. The number of thiophene rings is 1. The first-order valence-corrected chi connectivity index (χ1v) is 8.76. The van der Waals surface area contributed by atoms with Gasteiger partial charge in [-0.1, -0.05) is 0 Å². The molecule has 1 saturated heterocycles. The second-order valence-electron chi connectivity index (χ2n) is 6.06. The van der Waals surface area contributed by atoms with E-state index in [1.54, 1.807) is 4.90 Å². The minimum absolute atomic E-state index is 0.0880. The van der Waals surface area contributed by atoms with Crippen molar-refractivity contribution in [3.63, 3.8) is 0 Å². The molecule has 27 heavy (non-hydrogen) atoms. The number of halogens is 4. The van der Waals surface area contributed by atoms with E-state index in [1.807, 2.05) is 0 Å². The number of esters is 1. The number of alkyl halides is 1. The van der Waals surface area contributed by atoms with Crippen LogP contribution in [0.2, 0.25) is 0 Å². The lowest BCUT2D eigenvalue weighted by Gasteiger charge is -2.36. The number of carbonyl (C=O) groups excluding carboxylic acids is 1. The summed E-state index contributed by atoms with van der Waals surface area (Å²) in [5.74, 6) is -4.09. The van der Waals surface area contributed by atoms with Gasteiger partial charge in [-0.2, -0.15) is 0 Å². The van der Waals surface area contributed by atoms with Crippen LogP contribution in [0.5, 0.6) is 0 Å². The topological polar surface area (TPSA) is 42.4 Å².